The Morgan fingerprint density at radius 3 is 2.68 bits per heavy atom. The normalized spacial score (nSPS) is 25.1. The highest BCUT2D eigenvalue weighted by Gasteiger charge is 2.33. The van der Waals surface area contributed by atoms with Gasteiger partial charge in [-0.2, -0.15) is 0 Å². The first-order valence-electron chi connectivity index (χ1n) is 7.61. The van der Waals surface area contributed by atoms with Crippen molar-refractivity contribution in [1.29, 1.82) is 0 Å². The summed E-state index contributed by atoms with van der Waals surface area (Å²) in [4.78, 5) is 2.57. The highest BCUT2D eigenvalue weighted by molar-refractivity contribution is 6.79. The van der Waals surface area contributed by atoms with Gasteiger partial charge in [-0.15, -0.1) is 0 Å². The molecule has 1 aromatic carbocycles. The van der Waals surface area contributed by atoms with E-state index in [1.54, 1.807) is 0 Å². The van der Waals surface area contributed by atoms with Gasteiger partial charge in [-0.1, -0.05) is 51.4 Å². The molecule has 2 atom stereocenters. The van der Waals surface area contributed by atoms with E-state index in [-0.39, 0.29) is 0 Å². The molecule has 1 heterocycles. The van der Waals surface area contributed by atoms with Gasteiger partial charge in [0.1, 0.15) is 0 Å². The second kappa shape index (κ2) is 6.04. The van der Waals surface area contributed by atoms with Crippen molar-refractivity contribution < 1.29 is 0 Å². The van der Waals surface area contributed by atoms with Gasteiger partial charge >= 0.3 is 0 Å². The summed E-state index contributed by atoms with van der Waals surface area (Å²) in [6.07, 6.45) is 2.34. The highest BCUT2D eigenvalue weighted by atomic mass is 15.1. The Morgan fingerprint density at radius 1 is 1.32 bits per heavy atom. The third-order valence-corrected chi connectivity index (χ3v) is 5.10. The van der Waals surface area contributed by atoms with E-state index in [1.807, 2.05) is 0 Å². The molecule has 0 spiro atoms. The zero-order valence-electron chi connectivity index (χ0n) is 13.0. The Morgan fingerprint density at radius 2 is 2.00 bits per heavy atom. The second-order valence-corrected chi connectivity index (χ2v) is 6.12. The maximum atomic E-state index is 3.72. The van der Waals surface area contributed by atoms with Crippen molar-refractivity contribution in [1.82, 2.24) is 4.81 Å². The van der Waals surface area contributed by atoms with E-state index < -0.39 is 0 Å². The van der Waals surface area contributed by atoms with Crippen LogP contribution in [0.2, 0.25) is 19.4 Å². The third kappa shape index (κ3) is 3.00. The number of anilines is 1. The largest absolute Gasteiger partial charge is 0.428 e. The van der Waals surface area contributed by atoms with Crippen LogP contribution in [0.1, 0.15) is 25.8 Å². The third-order valence-electron chi connectivity index (χ3n) is 5.10. The predicted molar refractivity (Wildman–Crippen MR) is 88.3 cm³/mol. The van der Waals surface area contributed by atoms with Crippen molar-refractivity contribution in [3.63, 3.8) is 0 Å². The van der Waals surface area contributed by atoms with Crippen LogP contribution in [0.4, 0.5) is 5.69 Å². The van der Waals surface area contributed by atoms with Crippen LogP contribution >= 0.6 is 0 Å². The summed E-state index contributed by atoms with van der Waals surface area (Å²) in [7, 11) is 2.29. The molecule has 19 heavy (non-hydrogen) atoms. The van der Waals surface area contributed by atoms with Crippen molar-refractivity contribution >= 4 is 19.4 Å². The van der Waals surface area contributed by atoms with Crippen LogP contribution in [0, 0.1) is 0 Å². The fraction of sp³-hybridized carbons (Fsp3) is 0.600. The molecule has 0 bridgehead atoms. The lowest BCUT2D eigenvalue weighted by molar-refractivity contribution is 0.362. The topological polar surface area (TPSA) is 15.3 Å². The number of hydrogen-bond donors (Lipinski definition) is 1. The fourth-order valence-electron chi connectivity index (χ4n) is 3.17. The SMILES string of the molecule is CCC1Cc2ccccc2NB(C)C(C)B(C)N1C. The van der Waals surface area contributed by atoms with E-state index in [4.69, 9.17) is 0 Å². The number of nitrogens with zero attached hydrogens (tertiary/aromatic N) is 1. The lowest BCUT2D eigenvalue weighted by Gasteiger charge is -2.34. The van der Waals surface area contributed by atoms with Crippen LogP contribution in [-0.2, 0) is 6.42 Å². The minimum absolute atomic E-state index is 0.495. The molecule has 0 saturated heterocycles. The van der Waals surface area contributed by atoms with Crippen LogP contribution in [0.15, 0.2) is 24.3 Å². The summed E-state index contributed by atoms with van der Waals surface area (Å²) in [6, 6.07) is 9.41. The van der Waals surface area contributed by atoms with Gasteiger partial charge in [0, 0.05) is 11.7 Å². The monoisotopic (exact) mass is 256 g/mol. The Hall–Kier alpha value is -0.890. The molecule has 0 saturated carbocycles. The molecule has 2 unspecified atom stereocenters. The highest BCUT2D eigenvalue weighted by Crippen LogP contribution is 2.27. The molecule has 1 aromatic rings. The van der Waals surface area contributed by atoms with E-state index in [9.17, 15) is 0 Å². The fourth-order valence-corrected chi connectivity index (χ4v) is 3.17. The number of fused-ring (bicyclic) bond motifs is 1. The van der Waals surface area contributed by atoms with Crippen molar-refractivity contribution in [2.45, 2.75) is 52.1 Å². The molecule has 0 radical (unpaired) electrons. The zero-order valence-corrected chi connectivity index (χ0v) is 13.0. The van der Waals surface area contributed by atoms with Crippen molar-refractivity contribution in [3.05, 3.63) is 29.8 Å². The van der Waals surface area contributed by atoms with Crippen molar-refractivity contribution in [2.75, 3.05) is 12.3 Å². The van der Waals surface area contributed by atoms with E-state index in [0.717, 1.165) is 6.42 Å². The minimum Gasteiger partial charge on any atom is -0.428 e. The molecular weight excluding hydrogens is 230 g/mol. The summed E-state index contributed by atoms with van der Waals surface area (Å²) in [5, 5.41) is 3.72. The van der Waals surface area contributed by atoms with Gasteiger partial charge in [0.25, 0.3) is 0 Å². The van der Waals surface area contributed by atoms with Crippen LogP contribution in [0.25, 0.3) is 0 Å². The number of nitrogens with one attached hydrogen (secondary N) is 1. The molecule has 2 rings (SSSR count). The Bertz CT molecular complexity index is 424. The Labute approximate surface area is 119 Å². The lowest BCUT2D eigenvalue weighted by atomic mass is 9.33. The Kier molecular flexibility index (Phi) is 4.62. The molecular formula is C15H26B2N2. The molecule has 0 aliphatic carbocycles. The molecule has 1 aliphatic rings. The number of hydrogen-bond acceptors (Lipinski definition) is 2. The summed E-state index contributed by atoms with van der Waals surface area (Å²) < 4.78 is 0. The predicted octanol–water partition coefficient (Wildman–Crippen LogP) is 3.54. The average Bonchev–Trinajstić information content (AvgIpc) is 2.45. The van der Waals surface area contributed by atoms with Crippen molar-refractivity contribution in [3.8, 4) is 0 Å². The Balaban J connectivity index is 2.38. The van der Waals surface area contributed by atoms with E-state index in [1.165, 1.54) is 17.7 Å². The van der Waals surface area contributed by atoms with Gasteiger partial charge in [0.05, 0.1) is 0 Å². The van der Waals surface area contributed by atoms with Crippen molar-refractivity contribution in [2.24, 2.45) is 0 Å². The summed E-state index contributed by atoms with van der Waals surface area (Å²) >= 11 is 0. The van der Waals surface area contributed by atoms with E-state index >= 15 is 0 Å². The quantitative estimate of drug-likeness (QED) is 0.773. The maximum Gasteiger partial charge on any atom is 0.245 e. The molecule has 2 nitrogen and oxygen atoms in total. The van der Waals surface area contributed by atoms with Gasteiger partial charge in [-0.05, 0) is 31.5 Å². The second-order valence-electron chi connectivity index (χ2n) is 6.12. The maximum absolute atomic E-state index is 3.72. The van der Waals surface area contributed by atoms with Crippen LogP contribution in [-0.4, -0.2) is 31.6 Å². The number of rotatable bonds is 1. The smallest absolute Gasteiger partial charge is 0.245 e. The number of benzene rings is 1. The number of para-hydroxylation sites is 1. The molecule has 102 valence electrons. The molecule has 0 aromatic heterocycles. The summed E-state index contributed by atoms with van der Waals surface area (Å²) in [5.41, 5.74) is 3.40. The van der Waals surface area contributed by atoms with Gasteiger partial charge in [-0.3, -0.25) is 0 Å². The standard InChI is InChI=1S/C15H26B2N2/c1-6-14-11-13-9-7-8-10-15(13)18-16(3)12(2)17(4)19(14)5/h7-10,12,14,18H,6,11H2,1-5H3. The molecule has 1 N–H and O–H groups in total. The minimum atomic E-state index is 0.495. The van der Waals surface area contributed by atoms with Gasteiger partial charge in [0.15, 0.2) is 0 Å². The van der Waals surface area contributed by atoms with Gasteiger partial charge in [-0.25, -0.2) is 0 Å². The summed E-state index contributed by atoms with van der Waals surface area (Å²) in [6.45, 7) is 10.4. The average molecular weight is 256 g/mol. The molecule has 0 fully saturated rings. The summed E-state index contributed by atoms with van der Waals surface area (Å²) in [5.74, 6) is 0. The number of likely N-dealkylation sites (N-methyl/N-ethyl adjacent to an activating group) is 1. The first-order valence-corrected chi connectivity index (χ1v) is 7.61. The molecule has 0 amide bonds. The first-order chi connectivity index (χ1) is 9.04. The molecule has 4 heteroatoms. The van der Waals surface area contributed by atoms with Gasteiger partial charge in [0.2, 0.25) is 13.7 Å². The van der Waals surface area contributed by atoms with Crippen LogP contribution in [0.5, 0.6) is 0 Å². The van der Waals surface area contributed by atoms with E-state index in [2.05, 4.69) is 68.8 Å². The lowest BCUT2D eigenvalue weighted by Crippen LogP contribution is -2.48. The first kappa shape index (κ1) is 14.5. The van der Waals surface area contributed by atoms with Crippen LogP contribution < -0.4 is 5.23 Å². The van der Waals surface area contributed by atoms with Crippen LogP contribution in [0.3, 0.4) is 0 Å². The van der Waals surface area contributed by atoms with Gasteiger partial charge < -0.3 is 10.0 Å². The van der Waals surface area contributed by atoms with E-state index in [0.29, 0.717) is 25.5 Å². The zero-order chi connectivity index (χ0) is 14.0. The molecule has 1 aliphatic heterocycles.